The molecule has 0 aliphatic carbocycles. The summed E-state index contributed by atoms with van der Waals surface area (Å²) in [6.45, 7) is 1.81. The molecule has 1 heterocycles. The molecule has 0 saturated carbocycles. The van der Waals surface area contributed by atoms with Crippen LogP contribution in [0.4, 0.5) is 0 Å². The van der Waals surface area contributed by atoms with Crippen LogP contribution in [0.5, 0.6) is 0 Å². The highest BCUT2D eigenvalue weighted by molar-refractivity contribution is 8.00. The molecule has 1 aliphatic rings. The van der Waals surface area contributed by atoms with Gasteiger partial charge >= 0.3 is 5.97 Å². The maximum Gasteiger partial charge on any atom is 0.315 e. The van der Waals surface area contributed by atoms with Gasteiger partial charge in [-0.2, -0.15) is 0 Å². The topological polar surface area (TPSA) is 38.3 Å². The highest BCUT2D eigenvalue weighted by Gasteiger charge is 2.19. The molecule has 19 heavy (non-hydrogen) atoms. The number of methoxy groups -OCH3 is 1. The summed E-state index contributed by atoms with van der Waals surface area (Å²) < 4.78 is 4.66. The molecule has 3 nitrogen and oxygen atoms in total. The van der Waals surface area contributed by atoms with Crippen LogP contribution in [0.3, 0.4) is 0 Å². The average Bonchev–Trinajstić information content (AvgIpc) is 2.64. The molecule has 1 aromatic carbocycles. The van der Waals surface area contributed by atoms with Crippen LogP contribution in [-0.2, 0) is 22.4 Å². The Labute approximate surface area is 127 Å². The molecule has 0 unspecified atom stereocenters. The predicted octanol–water partition coefficient (Wildman–Crippen LogP) is 2.95. The second kappa shape index (κ2) is 6.84. The largest absolute Gasteiger partial charge is 0.468 e. The second-order valence-corrected chi connectivity index (χ2v) is 6.04. The number of halogens is 2. The summed E-state index contributed by atoms with van der Waals surface area (Å²) in [7, 11) is 1.39. The highest BCUT2D eigenvalue weighted by Crippen LogP contribution is 2.38. The summed E-state index contributed by atoms with van der Waals surface area (Å²) in [6, 6.07) is 1.77. The summed E-state index contributed by atoms with van der Waals surface area (Å²) in [4.78, 5) is 12.2. The fourth-order valence-electron chi connectivity index (χ4n) is 2.12. The van der Waals surface area contributed by atoms with Crippen molar-refractivity contribution in [2.24, 2.45) is 0 Å². The van der Waals surface area contributed by atoms with Crippen molar-refractivity contribution in [2.75, 3.05) is 26.0 Å². The molecular formula is C13H15Cl2NO2S. The first-order valence-electron chi connectivity index (χ1n) is 6.03. The molecule has 2 rings (SSSR count). The van der Waals surface area contributed by atoms with Gasteiger partial charge in [0.2, 0.25) is 0 Å². The molecule has 6 heteroatoms. The van der Waals surface area contributed by atoms with E-state index in [2.05, 4.69) is 10.1 Å². The molecule has 0 radical (unpaired) electrons. The van der Waals surface area contributed by atoms with Crippen molar-refractivity contribution in [1.82, 2.24) is 5.32 Å². The van der Waals surface area contributed by atoms with Gasteiger partial charge in [0, 0.05) is 9.92 Å². The number of fused-ring (bicyclic) bond motifs is 1. The van der Waals surface area contributed by atoms with Crippen molar-refractivity contribution in [1.29, 1.82) is 0 Å². The lowest BCUT2D eigenvalue weighted by atomic mass is 10.0. The van der Waals surface area contributed by atoms with E-state index < -0.39 is 0 Å². The molecule has 1 N–H and O–H groups in total. The van der Waals surface area contributed by atoms with E-state index in [4.69, 9.17) is 23.2 Å². The maximum atomic E-state index is 11.3. The van der Waals surface area contributed by atoms with Crippen LogP contribution in [0, 0.1) is 0 Å². The minimum absolute atomic E-state index is 0.253. The predicted molar refractivity (Wildman–Crippen MR) is 79.5 cm³/mol. The fourth-order valence-corrected chi connectivity index (χ4v) is 3.86. The maximum absolute atomic E-state index is 11.3. The van der Waals surface area contributed by atoms with Crippen LogP contribution >= 0.6 is 35.0 Å². The number of carbonyl (C=O) groups is 1. The Morgan fingerprint density at radius 1 is 1.32 bits per heavy atom. The number of hydrogen-bond donors (Lipinski definition) is 1. The SMILES string of the molecule is COC(=O)CSc1c(Cl)cc(Cl)c2c1CCNCC2. The van der Waals surface area contributed by atoms with Crippen molar-refractivity contribution in [3.05, 3.63) is 27.2 Å². The highest BCUT2D eigenvalue weighted by atomic mass is 35.5. The first-order chi connectivity index (χ1) is 9.13. The third-order valence-electron chi connectivity index (χ3n) is 3.06. The van der Waals surface area contributed by atoms with E-state index in [1.165, 1.54) is 18.9 Å². The minimum Gasteiger partial charge on any atom is -0.468 e. The first kappa shape index (κ1) is 15.0. The zero-order valence-electron chi connectivity index (χ0n) is 10.6. The average molecular weight is 320 g/mol. The van der Waals surface area contributed by atoms with Crippen molar-refractivity contribution >= 4 is 40.9 Å². The van der Waals surface area contributed by atoms with Crippen LogP contribution in [0.15, 0.2) is 11.0 Å². The van der Waals surface area contributed by atoms with Crippen LogP contribution < -0.4 is 5.32 Å². The standard InChI is InChI=1S/C13H15Cl2NO2S/c1-18-12(17)7-19-13-9-3-5-16-4-2-8(9)10(14)6-11(13)15/h6,16H,2-5,7H2,1H3. The van der Waals surface area contributed by atoms with Crippen molar-refractivity contribution < 1.29 is 9.53 Å². The lowest BCUT2D eigenvalue weighted by molar-refractivity contribution is -0.137. The van der Waals surface area contributed by atoms with Gasteiger partial charge in [0.1, 0.15) is 0 Å². The van der Waals surface area contributed by atoms with Gasteiger partial charge in [0.15, 0.2) is 0 Å². The molecule has 1 aliphatic heterocycles. The molecule has 104 valence electrons. The van der Waals surface area contributed by atoms with Crippen molar-refractivity contribution in [3.8, 4) is 0 Å². The van der Waals surface area contributed by atoms with Crippen molar-refractivity contribution in [3.63, 3.8) is 0 Å². The molecule has 0 spiro atoms. The fraction of sp³-hybridized carbons (Fsp3) is 0.462. The summed E-state index contributed by atoms with van der Waals surface area (Å²) in [6.07, 6.45) is 1.76. The molecule has 0 bridgehead atoms. The molecule has 0 fully saturated rings. The molecule has 0 saturated heterocycles. The van der Waals surface area contributed by atoms with Crippen LogP contribution in [0.1, 0.15) is 11.1 Å². The van der Waals surface area contributed by atoms with E-state index >= 15 is 0 Å². The summed E-state index contributed by atoms with van der Waals surface area (Å²) >= 11 is 14.0. The van der Waals surface area contributed by atoms with Crippen molar-refractivity contribution in [2.45, 2.75) is 17.7 Å². The van der Waals surface area contributed by atoms with Gasteiger partial charge in [-0.15, -0.1) is 11.8 Å². The van der Waals surface area contributed by atoms with Crippen LogP contribution in [0.25, 0.3) is 0 Å². The summed E-state index contributed by atoms with van der Waals surface area (Å²) in [5, 5.41) is 4.67. The van der Waals surface area contributed by atoms with E-state index in [0.717, 1.165) is 42.0 Å². The number of esters is 1. The van der Waals surface area contributed by atoms with Gasteiger partial charge in [0.05, 0.1) is 17.9 Å². The molecule has 0 amide bonds. The van der Waals surface area contributed by atoms with Gasteiger partial charge in [-0.1, -0.05) is 23.2 Å². The molecule has 0 atom stereocenters. The second-order valence-electron chi connectivity index (χ2n) is 4.24. The normalized spacial score (nSPS) is 14.7. The van der Waals surface area contributed by atoms with Gasteiger partial charge in [-0.05, 0) is 43.1 Å². The van der Waals surface area contributed by atoms with Crippen LogP contribution in [-0.4, -0.2) is 31.9 Å². The number of hydrogen-bond acceptors (Lipinski definition) is 4. The van der Waals surface area contributed by atoms with E-state index in [1.807, 2.05) is 0 Å². The van der Waals surface area contributed by atoms with E-state index in [1.54, 1.807) is 6.07 Å². The summed E-state index contributed by atoms with van der Waals surface area (Å²) in [5.41, 5.74) is 2.31. The van der Waals surface area contributed by atoms with Gasteiger partial charge < -0.3 is 10.1 Å². The third kappa shape index (κ3) is 3.57. The Morgan fingerprint density at radius 3 is 2.68 bits per heavy atom. The number of benzene rings is 1. The van der Waals surface area contributed by atoms with Gasteiger partial charge in [0.25, 0.3) is 0 Å². The van der Waals surface area contributed by atoms with E-state index in [9.17, 15) is 4.79 Å². The quantitative estimate of drug-likeness (QED) is 0.686. The van der Waals surface area contributed by atoms with E-state index in [-0.39, 0.29) is 11.7 Å². The smallest absolute Gasteiger partial charge is 0.315 e. The zero-order valence-corrected chi connectivity index (χ0v) is 12.9. The zero-order chi connectivity index (χ0) is 13.8. The van der Waals surface area contributed by atoms with Gasteiger partial charge in [-0.3, -0.25) is 4.79 Å². The number of nitrogens with one attached hydrogen (secondary N) is 1. The Hall–Kier alpha value is -0.420. The number of ether oxygens (including phenoxy) is 1. The number of carbonyl (C=O) groups excluding carboxylic acids is 1. The lowest BCUT2D eigenvalue weighted by Gasteiger charge is -2.15. The first-order valence-corrected chi connectivity index (χ1v) is 7.77. The van der Waals surface area contributed by atoms with E-state index in [0.29, 0.717) is 10.0 Å². The van der Waals surface area contributed by atoms with Gasteiger partial charge in [-0.25, -0.2) is 0 Å². The lowest BCUT2D eigenvalue weighted by Crippen LogP contribution is -2.16. The molecular weight excluding hydrogens is 305 g/mol. The number of rotatable bonds is 3. The Kier molecular flexibility index (Phi) is 5.39. The molecule has 0 aromatic heterocycles. The van der Waals surface area contributed by atoms with Crippen LogP contribution in [0.2, 0.25) is 10.0 Å². The summed E-state index contributed by atoms with van der Waals surface area (Å²) in [5.74, 6) is 0.00840. The Balaban J connectivity index is 2.33. The Bertz CT molecular complexity index is 494. The minimum atomic E-state index is -0.253. The Morgan fingerprint density at radius 2 is 2.00 bits per heavy atom. The monoisotopic (exact) mass is 319 g/mol. The number of thioether (sulfide) groups is 1. The molecule has 1 aromatic rings. The third-order valence-corrected chi connectivity index (χ3v) is 4.95.